The molecule has 1 saturated heterocycles. The highest BCUT2D eigenvalue weighted by Crippen LogP contribution is 2.34. The fourth-order valence-electron chi connectivity index (χ4n) is 3.28. The lowest BCUT2D eigenvalue weighted by Crippen LogP contribution is -2.23. The lowest BCUT2D eigenvalue weighted by molar-refractivity contribution is 0.107. The van der Waals surface area contributed by atoms with Crippen molar-refractivity contribution in [2.75, 3.05) is 19.0 Å². The summed E-state index contributed by atoms with van der Waals surface area (Å²) in [5.74, 6) is -0.216. The van der Waals surface area contributed by atoms with Crippen molar-refractivity contribution in [1.29, 1.82) is 0 Å². The smallest absolute Gasteiger partial charge is 0.167 e. The van der Waals surface area contributed by atoms with Crippen LogP contribution in [-0.4, -0.2) is 34.5 Å². The van der Waals surface area contributed by atoms with E-state index in [1.165, 1.54) is 13.2 Å². The van der Waals surface area contributed by atoms with Crippen LogP contribution in [0.5, 0.6) is 5.75 Å². The quantitative estimate of drug-likeness (QED) is 0.790. The van der Waals surface area contributed by atoms with E-state index in [0.29, 0.717) is 12.1 Å². The predicted octanol–water partition coefficient (Wildman–Crippen LogP) is 3.06. The van der Waals surface area contributed by atoms with E-state index in [-0.39, 0.29) is 17.9 Å². The summed E-state index contributed by atoms with van der Waals surface area (Å²) in [4.78, 5) is 4.25. The Kier molecular flexibility index (Phi) is 4.01. The monoisotopic (exact) mass is 342 g/mol. The molecule has 0 spiro atoms. The summed E-state index contributed by atoms with van der Waals surface area (Å²) in [6, 6.07) is 5.06. The summed E-state index contributed by atoms with van der Waals surface area (Å²) < 4.78 is 26.7. The van der Waals surface area contributed by atoms with Crippen molar-refractivity contribution < 1.29 is 13.9 Å². The van der Waals surface area contributed by atoms with E-state index in [9.17, 15) is 4.39 Å². The number of aryl methyl sites for hydroxylation is 1. The number of ether oxygens (including phenoxy) is 2. The van der Waals surface area contributed by atoms with Gasteiger partial charge in [0.15, 0.2) is 11.6 Å². The Hall–Kier alpha value is -2.67. The standard InChI is InChI=1S/C18H19FN4O2/c1-23-10-11(9-21-23)18-15(4-6-25-18)22-14-3-5-20-16-8-13(19)17(24-2)7-12(14)16/h3,5,7-10,15,18H,4,6H2,1-2H3,(H,20,22)/t15-,18+/m0/s1. The third-order valence-electron chi connectivity index (χ3n) is 4.50. The SMILES string of the molecule is COc1cc2c(N[C@H]3CCO[C@@H]3c3cnn(C)c3)ccnc2cc1F. The Bertz CT molecular complexity index is 911. The number of halogens is 1. The number of fused-ring (bicyclic) bond motifs is 1. The minimum absolute atomic E-state index is 0.0701. The van der Waals surface area contributed by atoms with Crippen LogP contribution in [0.25, 0.3) is 10.9 Å². The van der Waals surface area contributed by atoms with Crippen LogP contribution >= 0.6 is 0 Å². The maximum atomic E-state index is 13.9. The number of nitrogens with zero attached hydrogens (tertiary/aromatic N) is 3. The summed E-state index contributed by atoms with van der Waals surface area (Å²) in [7, 11) is 3.34. The Morgan fingerprint density at radius 2 is 2.28 bits per heavy atom. The number of methoxy groups -OCH3 is 1. The fourth-order valence-corrected chi connectivity index (χ4v) is 3.28. The van der Waals surface area contributed by atoms with Crippen LogP contribution in [0.4, 0.5) is 10.1 Å². The first-order valence-corrected chi connectivity index (χ1v) is 8.14. The van der Waals surface area contributed by atoms with Crippen molar-refractivity contribution in [3.8, 4) is 5.75 Å². The number of benzene rings is 1. The molecule has 2 atom stereocenters. The minimum atomic E-state index is -0.419. The molecule has 130 valence electrons. The highest BCUT2D eigenvalue weighted by molar-refractivity contribution is 5.92. The van der Waals surface area contributed by atoms with Crippen LogP contribution in [0.1, 0.15) is 18.1 Å². The summed E-state index contributed by atoms with van der Waals surface area (Å²) in [6.45, 7) is 0.679. The lowest BCUT2D eigenvalue weighted by Gasteiger charge is -2.21. The van der Waals surface area contributed by atoms with Gasteiger partial charge in [0.25, 0.3) is 0 Å². The van der Waals surface area contributed by atoms with Crippen molar-refractivity contribution in [1.82, 2.24) is 14.8 Å². The Morgan fingerprint density at radius 3 is 3.04 bits per heavy atom. The van der Waals surface area contributed by atoms with Gasteiger partial charge in [-0.05, 0) is 18.6 Å². The van der Waals surface area contributed by atoms with Crippen LogP contribution in [-0.2, 0) is 11.8 Å². The molecule has 3 heterocycles. The van der Waals surface area contributed by atoms with E-state index < -0.39 is 5.82 Å². The van der Waals surface area contributed by atoms with E-state index in [2.05, 4.69) is 15.4 Å². The molecular weight excluding hydrogens is 323 g/mol. The summed E-state index contributed by atoms with van der Waals surface area (Å²) in [5.41, 5.74) is 2.51. The van der Waals surface area contributed by atoms with E-state index in [1.54, 1.807) is 16.9 Å². The molecule has 0 aliphatic carbocycles. The first-order valence-electron chi connectivity index (χ1n) is 8.14. The molecule has 0 saturated carbocycles. The molecule has 2 aromatic heterocycles. The van der Waals surface area contributed by atoms with Gasteiger partial charge in [-0.1, -0.05) is 0 Å². The van der Waals surface area contributed by atoms with Crippen LogP contribution in [0.3, 0.4) is 0 Å². The van der Waals surface area contributed by atoms with Crippen molar-refractivity contribution in [3.05, 3.63) is 48.2 Å². The highest BCUT2D eigenvalue weighted by Gasteiger charge is 2.31. The number of nitrogens with one attached hydrogen (secondary N) is 1. The molecular formula is C18H19FN4O2. The van der Waals surface area contributed by atoms with Gasteiger partial charge in [0, 0.05) is 48.8 Å². The van der Waals surface area contributed by atoms with Crippen molar-refractivity contribution in [3.63, 3.8) is 0 Å². The van der Waals surface area contributed by atoms with Gasteiger partial charge in [0.1, 0.15) is 6.10 Å². The van der Waals surface area contributed by atoms with E-state index in [4.69, 9.17) is 9.47 Å². The van der Waals surface area contributed by atoms with E-state index in [0.717, 1.165) is 23.1 Å². The van der Waals surface area contributed by atoms with Crippen molar-refractivity contribution in [2.45, 2.75) is 18.6 Å². The molecule has 4 rings (SSSR count). The minimum Gasteiger partial charge on any atom is -0.494 e. The second-order valence-corrected chi connectivity index (χ2v) is 6.14. The largest absolute Gasteiger partial charge is 0.494 e. The van der Waals surface area contributed by atoms with Gasteiger partial charge in [-0.15, -0.1) is 0 Å². The van der Waals surface area contributed by atoms with Crippen molar-refractivity contribution >= 4 is 16.6 Å². The first-order chi connectivity index (χ1) is 12.2. The first kappa shape index (κ1) is 15.8. The second kappa shape index (κ2) is 6.33. The number of pyridine rings is 1. The normalized spacial score (nSPS) is 20.1. The van der Waals surface area contributed by atoms with Crippen LogP contribution in [0.15, 0.2) is 36.8 Å². The third-order valence-corrected chi connectivity index (χ3v) is 4.50. The van der Waals surface area contributed by atoms with E-state index >= 15 is 0 Å². The molecule has 1 aliphatic heterocycles. The maximum Gasteiger partial charge on any atom is 0.167 e. The number of hydrogen-bond donors (Lipinski definition) is 1. The second-order valence-electron chi connectivity index (χ2n) is 6.14. The summed E-state index contributed by atoms with van der Waals surface area (Å²) in [6.07, 6.45) is 6.27. The average Bonchev–Trinajstić information content (AvgIpc) is 3.23. The molecule has 0 bridgehead atoms. The molecule has 1 fully saturated rings. The van der Waals surface area contributed by atoms with Crippen molar-refractivity contribution in [2.24, 2.45) is 7.05 Å². The molecule has 1 N–H and O–H groups in total. The third kappa shape index (κ3) is 2.91. The molecule has 6 nitrogen and oxygen atoms in total. The Balaban J connectivity index is 1.68. The molecule has 0 radical (unpaired) electrons. The van der Waals surface area contributed by atoms with Gasteiger partial charge < -0.3 is 14.8 Å². The molecule has 3 aromatic rings. The zero-order valence-electron chi connectivity index (χ0n) is 14.1. The average molecular weight is 342 g/mol. The molecule has 7 heteroatoms. The zero-order chi connectivity index (χ0) is 17.4. The van der Waals surface area contributed by atoms with Gasteiger partial charge in [-0.25, -0.2) is 4.39 Å². The summed E-state index contributed by atoms with van der Waals surface area (Å²) in [5, 5.41) is 8.58. The fraction of sp³-hybridized carbons (Fsp3) is 0.333. The van der Waals surface area contributed by atoms with Gasteiger partial charge in [0.05, 0.1) is 24.9 Å². The van der Waals surface area contributed by atoms with Gasteiger partial charge >= 0.3 is 0 Å². The molecule has 1 aromatic carbocycles. The molecule has 25 heavy (non-hydrogen) atoms. The van der Waals surface area contributed by atoms with E-state index in [1.807, 2.05) is 25.5 Å². The van der Waals surface area contributed by atoms with Gasteiger partial charge in [0.2, 0.25) is 0 Å². The highest BCUT2D eigenvalue weighted by atomic mass is 19.1. The van der Waals surface area contributed by atoms with Crippen LogP contribution in [0, 0.1) is 5.82 Å². The Labute approximate surface area is 144 Å². The molecule has 0 unspecified atom stereocenters. The number of anilines is 1. The molecule has 1 aliphatic rings. The molecule has 0 amide bonds. The predicted molar refractivity (Wildman–Crippen MR) is 92.2 cm³/mol. The van der Waals surface area contributed by atoms with Crippen LogP contribution in [0.2, 0.25) is 0 Å². The van der Waals surface area contributed by atoms with Crippen LogP contribution < -0.4 is 10.1 Å². The number of hydrogen-bond acceptors (Lipinski definition) is 5. The number of rotatable bonds is 4. The zero-order valence-corrected chi connectivity index (χ0v) is 14.1. The number of aromatic nitrogens is 3. The maximum absolute atomic E-state index is 13.9. The van der Waals surface area contributed by atoms with Gasteiger partial charge in [-0.3, -0.25) is 9.67 Å². The van der Waals surface area contributed by atoms with Gasteiger partial charge in [-0.2, -0.15) is 5.10 Å². The summed E-state index contributed by atoms with van der Waals surface area (Å²) >= 11 is 0. The topological polar surface area (TPSA) is 61.2 Å². The lowest BCUT2D eigenvalue weighted by atomic mass is 10.0. The Morgan fingerprint density at radius 1 is 1.40 bits per heavy atom.